The minimum Gasteiger partial charge on any atom is -0.315 e. The average Bonchev–Trinajstić information content (AvgIpc) is 2.56. The molecule has 21 heavy (non-hydrogen) atoms. The third kappa shape index (κ3) is 3.29. The van der Waals surface area contributed by atoms with E-state index in [4.69, 9.17) is 0 Å². The van der Waals surface area contributed by atoms with Gasteiger partial charge >= 0.3 is 0 Å². The summed E-state index contributed by atoms with van der Waals surface area (Å²) in [6, 6.07) is 23.9. The van der Waals surface area contributed by atoms with Crippen LogP contribution < -0.4 is 5.56 Å². The van der Waals surface area contributed by atoms with Crippen LogP contribution in [0.4, 0.5) is 0 Å². The molecule has 3 rings (SSSR count). The first-order valence-electron chi connectivity index (χ1n) is 7.13. The summed E-state index contributed by atoms with van der Waals surface area (Å²) in [5, 5.41) is 0. The summed E-state index contributed by atoms with van der Waals surface area (Å²) < 4.78 is 1.79. The van der Waals surface area contributed by atoms with Crippen LogP contribution in [0.15, 0.2) is 83.8 Å². The summed E-state index contributed by atoms with van der Waals surface area (Å²) >= 11 is 0. The Kier molecular flexibility index (Phi) is 3.97. The fourth-order valence-electron chi connectivity index (χ4n) is 2.40. The van der Waals surface area contributed by atoms with Crippen molar-refractivity contribution in [2.24, 2.45) is 0 Å². The number of aromatic nitrogens is 1. The van der Waals surface area contributed by atoms with Crippen LogP contribution in [0.3, 0.4) is 0 Å². The zero-order chi connectivity index (χ0) is 14.5. The highest BCUT2D eigenvalue weighted by molar-refractivity contribution is 5.61. The molecule has 0 spiro atoms. The second kappa shape index (κ2) is 6.23. The van der Waals surface area contributed by atoms with Crippen molar-refractivity contribution in [3.8, 4) is 11.1 Å². The molecule has 0 N–H and O–H groups in total. The van der Waals surface area contributed by atoms with Crippen LogP contribution in [0.2, 0.25) is 0 Å². The van der Waals surface area contributed by atoms with Crippen molar-refractivity contribution in [3.63, 3.8) is 0 Å². The molecule has 0 saturated heterocycles. The number of benzene rings is 2. The van der Waals surface area contributed by atoms with Gasteiger partial charge in [0.25, 0.3) is 5.56 Å². The molecule has 0 aliphatic rings. The standard InChI is InChI=1S/C19H17NO/c21-19-12-11-18(17-9-5-2-6-10-17)15-20(19)14-13-16-7-3-1-4-8-16/h1-12,15H,13-14H2. The van der Waals surface area contributed by atoms with Gasteiger partial charge in [0.2, 0.25) is 0 Å². The zero-order valence-electron chi connectivity index (χ0n) is 11.8. The summed E-state index contributed by atoms with van der Waals surface area (Å²) in [5.74, 6) is 0. The second-order valence-electron chi connectivity index (χ2n) is 5.05. The Balaban J connectivity index is 1.84. The molecule has 3 aromatic rings. The maximum absolute atomic E-state index is 12.0. The van der Waals surface area contributed by atoms with Gasteiger partial charge in [-0.05, 0) is 29.2 Å². The Morgan fingerprint density at radius 3 is 2.10 bits per heavy atom. The molecule has 0 radical (unpaired) electrons. The van der Waals surface area contributed by atoms with E-state index in [0.717, 1.165) is 17.5 Å². The predicted octanol–water partition coefficient (Wildman–Crippen LogP) is 3.76. The zero-order valence-corrected chi connectivity index (χ0v) is 11.8. The highest BCUT2D eigenvalue weighted by Gasteiger charge is 2.01. The van der Waals surface area contributed by atoms with E-state index in [1.54, 1.807) is 10.6 Å². The van der Waals surface area contributed by atoms with Gasteiger partial charge in [-0.3, -0.25) is 4.79 Å². The molecule has 0 saturated carbocycles. The van der Waals surface area contributed by atoms with Crippen molar-refractivity contribution in [3.05, 3.63) is 94.9 Å². The first-order chi connectivity index (χ1) is 10.3. The van der Waals surface area contributed by atoms with Gasteiger partial charge in [0.05, 0.1) is 0 Å². The Labute approximate surface area is 124 Å². The van der Waals surface area contributed by atoms with Crippen molar-refractivity contribution in [1.82, 2.24) is 4.57 Å². The van der Waals surface area contributed by atoms with Crippen LogP contribution in [0.5, 0.6) is 0 Å². The number of nitrogens with zero attached hydrogens (tertiary/aromatic N) is 1. The molecule has 0 aliphatic heterocycles. The van der Waals surface area contributed by atoms with E-state index in [2.05, 4.69) is 24.3 Å². The van der Waals surface area contributed by atoms with Crippen molar-refractivity contribution >= 4 is 0 Å². The van der Waals surface area contributed by atoms with Crippen LogP contribution in [0.25, 0.3) is 11.1 Å². The minimum absolute atomic E-state index is 0.0469. The van der Waals surface area contributed by atoms with Gasteiger partial charge in [0.15, 0.2) is 0 Å². The summed E-state index contributed by atoms with van der Waals surface area (Å²) in [6.45, 7) is 0.698. The first kappa shape index (κ1) is 13.4. The van der Waals surface area contributed by atoms with E-state index in [0.29, 0.717) is 6.54 Å². The SMILES string of the molecule is O=c1ccc(-c2ccccc2)cn1CCc1ccccc1. The Morgan fingerprint density at radius 1 is 0.714 bits per heavy atom. The fourth-order valence-corrected chi connectivity index (χ4v) is 2.40. The van der Waals surface area contributed by atoms with Gasteiger partial charge in [-0.2, -0.15) is 0 Å². The van der Waals surface area contributed by atoms with Gasteiger partial charge < -0.3 is 4.57 Å². The van der Waals surface area contributed by atoms with Crippen molar-refractivity contribution in [2.75, 3.05) is 0 Å². The van der Waals surface area contributed by atoms with E-state index in [9.17, 15) is 4.79 Å². The van der Waals surface area contributed by atoms with E-state index < -0.39 is 0 Å². The van der Waals surface area contributed by atoms with Gasteiger partial charge in [0, 0.05) is 18.8 Å². The topological polar surface area (TPSA) is 22.0 Å². The minimum atomic E-state index is 0.0469. The molecule has 104 valence electrons. The predicted molar refractivity (Wildman–Crippen MR) is 86.3 cm³/mol. The molecule has 0 bridgehead atoms. The summed E-state index contributed by atoms with van der Waals surface area (Å²) in [6.07, 6.45) is 2.81. The average molecular weight is 275 g/mol. The summed E-state index contributed by atoms with van der Waals surface area (Å²) in [4.78, 5) is 12.0. The van der Waals surface area contributed by atoms with Gasteiger partial charge in [-0.15, -0.1) is 0 Å². The number of hydrogen-bond donors (Lipinski definition) is 0. The number of pyridine rings is 1. The monoisotopic (exact) mass is 275 g/mol. The van der Waals surface area contributed by atoms with Crippen molar-refractivity contribution in [1.29, 1.82) is 0 Å². The lowest BCUT2D eigenvalue weighted by Crippen LogP contribution is -2.19. The third-order valence-corrected chi connectivity index (χ3v) is 3.57. The van der Waals surface area contributed by atoms with Gasteiger partial charge in [-0.25, -0.2) is 0 Å². The van der Waals surface area contributed by atoms with E-state index >= 15 is 0 Å². The van der Waals surface area contributed by atoms with Crippen LogP contribution in [0.1, 0.15) is 5.56 Å². The highest BCUT2D eigenvalue weighted by atomic mass is 16.1. The Morgan fingerprint density at radius 2 is 1.38 bits per heavy atom. The maximum Gasteiger partial charge on any atom is 0.250 e. The molecular weight excluding hydrogens is 258 g/mol. The smallest absolute Gasteiger partial charge is 0.250 e. The molecular formula is C19H17NO. The van der Waals surface area contributed by atoms with E-state index in [-0.39, 0.29) is 5.56 Å². The molecule has 2 nitrogen and oxygen atoms in total. The summed E-state index contributed by atoms with van der Waals surface area (Å²) in [5.41, 5.74) is 3.49. The third-order valence-electron chi connectivity index (χ3n) is 3.57. The van der Waals surface area contributed by atoms with Crippen molar-refractivity contribution < 1.29 is 0 Å². The lowest BCUT2D eigenvalue weighted by Gasteiger charge is -2.08. The maximum atomic E-state index is 12.0. The van der Waals surface area contributed by atoms with E-state index in [1.807, 2.05) is 48.7 Å². The number of aryl methyl sites for hydroxylation is 2. The number of rotatable bonds is 4. The molecule has 1 heterocycles. The molecule has 0 atom stereocenters. The molecule has 0 unspecified atom stereocenters. The molecule has 0 amide bonds. The van der Waals surface area contributed by atoms with Crippen LogP contribution in [-0.4, -0.2) is 4.57 Å². The molecule has 2 aromatic carbocycles. The summed E-state index contributed by atoms with van der Waals surface area (Å²) in [7, 11) is 0. The number of hydrogen-bond acceptors (Lipinski definition) is 1. The van der Waals surface area contributed by atoms with Crippen LogP contribution in [-0.2, 0) is 13.0 Å². The molecule has 1 aromatic heterocycles. The highest BCUT2D eigenvalue weighted by Crippen LogP contribution is 2.16. The largest absolute Gasteiger partial charge is 0.315 e. The molecule has 2 heteroatoms. The molecule has 0 fully saturated rings. The Hall–Kier alpha value is -2.61. The fraction of sp³-hybridized carbons (Fsp3) is 0.105. The normalized spacial score (nSPS) is 10.5. The quantitative estimate of drug-likeness (QED) is 0.710. The second-order valence-corrected chi connectivity index (χ2v) is 5.05. The lowest BCUT2D eigenvalue weighted by atomic mass is 10.1. The van der Waals surface area contributed by atoms with Crippen LogP contribution in [0, 0.1) is 0 Å². The van der Waals surface area contributed by atoms with Gasteiger partial charge in [-0.1, -0.05) is 60.7 Å². The molecule has 0 aliphatic carbocycles. The Bertz CT molecular complexity index is 760. The van der Waals surface area contributed by atoms with Crippen molar-refractivity contribution in [2.45, 2.75) is 13.0 Å². The van der Waals surface area contributed by atoms with Crippen LogP contribution >= 0.6 is 0 Å². The first-order valence-corrected chi connectivity index (χ1v) is 7.13. The van der Waals surface area contributed by atoms with Gasteiger partial charge in [0.1, 0.15) is 0 Å². The lowest BCUT2D eigenvalue weighted by molar-refractivity contribution is 0.670. The van der Waals surface area contributed by atoms with E-state index in [1.165, 1.54) is 5.56 Å².